The quantitative estimate of drug-likeness (QED) is 0.0369. The number of fused-ring (bicyclic) bond motifs is 2. The first-order chi connectivity index (χ1) is 49.0. The molecular weight excluding hydrogens is 1440 g/mol. The van der Waals surface area contributed by atoms with E-state index >= 15 is 0 Å². The van der Waals surface area contributed by atoms with Crippen molar-refractivity contribution < 1.29 is 69.3 Å². The number of likely N-dealkylation sites (N-methyl/N-ethyl adjacent to an activating group) is 2. The first-order valence-corrected chi connectivity index (χ1v) is 35.8. The number of halogens is 10. The maximum absolute atomic E-state index is 14.3. The van der Waals surface area contributed by atoms with E-state index in [1.54, 1.807) is 23.9 Å². The summed E-state index contributed by atoms with van der Waals surface area (Å²) in [5, 5.41) is 10.4. The summed E-state index contributed by atoms with van der Waals surface area (Å²) in [5.74, 6) is -1.80. The van der Waals surface area contributed by atoms with Crippen LogP contribution < -0.4 is 4.90 Å². The van der Waals surface area contributed by atoms with Gasteiger partial charge in [-0.2, -0.15) is 26.3 Å². The van der Waals surface area contributed by atoms with Crippen molar-refractivity contribution in [2.45, 2.75) is 133 Å². The predicted molar refractivity (Wildman–Crippen MR) is 403 cm³/mol. The van der Waals surface area contributed by atoms with E-state index in [-0.39, 0.29) is 98.1 Å². The van der Waals surface area contributed by atoms with Gasteiger partial charge in [-0.3, -0.25) is 29.0 Å². The molecule has 3 saturated heterocycles. The number of carboxylic acid groups (broad SMARTS) is 1. The lowest BCUT2D eigenvalue weighted by Gasteiger charge is -2.44. The van der Waals surface area contributed by atoms with Crippen LogP contribution in [0.5, 0.6) is 0 Å². The van der Waals surface area contributed by atoms with E-state index < -0.39 is 64.6 Å². The number of likely N-dealkylation sites (tertiary alicyclic amines) is 2. The largest absolute Gasteiger partial charge is 0.465 e. The Morgan fingerprint density at radius 2 is 1.24 bits per heavy atom. The highest BCUT2D eigenvalue weighted by atomic mass is 35.5. The van der Waals surface area contributed by atoms with Crippen LogP contribution in [0.1, 0.15) is 139 Å². The summed E-state index contributed by atoms with van der Waals surface area (Å²) in [4.78, 5) is 82.0. The van der Waals surface area contributed by atoms with Crippen LogP contribution in [0.25, 0.3) is 11.1 Å². The number of benzene rings is 6. The summed E-state index contributed by atoms with van der Waals surface area (Å²) in [7, 11) is 5.35. The van der Waals surface area contributed by atoms with Crippen molar-refractivity contribution in [2.75, 3.05) is 118 Å². The summed E-state index contributed by atoms with van der Waals surface area (Å²) in [6.07, 6.45) is -4.29. The molecule has 1 aliphatic carbocycles. The number of hydrogen-bond acceptors (Lipinski definition) is 10. The highest BCUT2D eigenvalue weighted by Gasteiger charge is 2.50. The summed E-state index contributed by atoms with van der Waals surface area (Å²) >= 11 is 0. The minimum Gasteiger partial charge on any atom is -0.465 e. The molecule has 0 aromatic heterocycles. The van der Waals surface area contributed by atoms with Crippen molar-refractivity contribution in [3.8, 4) is 11.1 Å². The molecule has 4 aliphatic rings. The fourth-order valence-corrected chi connectivity index (χ4v) is 15.3. The summed E-state index contributed by atoms with van der Waals surface area (Å²) in [5.41, 5.74) is 1.38. The highest BCUT2D eigenvalue weighted by molar-refractivity contribution is 5.96. The van der Waals surface area contributed by atoms with E-state index in [1.165, 1.54) is 29.2 Å². The first-order valence-electron chi connectivity index (χ1n) is 35.8. The van der Waals surface area contributed by atoms with Crippen LogP contribution in [-0.2, 0) is 55.4 Å². The third-order valence-corrected chi connectivity index (χ3v) is 21.0. The van der Waals surface area contributed by atoms with Crippen molar-refractivity contribution in [1.29, 1.82) is 0 Å². The topological polar surface area (TPSA) is 150 Å². The second-order valence-corrected chi connectivity index (χ2v) is 29.6. The van der Waals surface area contributed by atoms with E-state index in [9.17, 15) is 59.8 Å². The number of hydrogen-bond donors (Lipinski definition) is 1. The van der Waals surface area contributed by atoms with E-state index in [2.05, 4.69) is 47.6 Å². The average Bonchev–Trinajstić information content (AvgIpc) is 1.59. The first kappa shape index (κ1) is 85.9. The number of para-hydroxylation sites is 1. The molecule has 26 heteroatoms. The third-order valence-electron chi connectivity index (χ3n) is 21.0. The summed E-state index contributed by atoms with van der Waals surface area (Å²) in [6.45, 7) is 13.6. The number of carbonyl (C=O) groups is 5. The lowest BCUT2D eigenvalue weighted by Crippen LogP contribution is -2.50. The number of ether oxygens (including phenoxy) is 2. The van der Waals surface area contributed by atoms with Gasteiger partial charge in [0.2, 0.25) is 11.8 Å². The van der Waals surface area contributed by atoms with Crippen LogP contribution in [0.4, 0.5) is 41.2 Å². The van der Waals surface area contributed by atoms with Crippen LogP contribution in [0.15, 0.2) is 146 Å². The Hall–Kier alpha value is -7.35. The molecule has 10 rings (SSSR count). The van der Waals surface area contributed by atoms with E-state index in [1.807, 2.05) is 103 Å². The van der Waals surface area contributed by atoms with Gasteiger partial charge in [0.25, 0.3) is 11.8 Å². The number of amides is 5. The monoisotopic (exact) mass is 1540 g/mol. The van der Waals surface area contributed by atoms with Crippen molar-refractivity contribution in [1.82, 2.24) is 34.3 Å². The highest BCUT2D eigenvalue weighted by Crippen LogP contribution is 2.49. The lowest BCUT2D eigenvalue weighted by molar-refractivity contribution is -0.143. The van der Waals surface area contributed by atoms with Crippen LogP contribution in [0, 0.1) is 11.2 Å². The molecule has 6 aromatic rings. The zero-order valence-corrected chi connectivity index (χ0v) is 63.6. The maximum atomic E-state index is 14.3. The number of piperidine rings is 2. The standard InChI is InChI=1S/C80H97F7N8O8.3ClH/c1-76(2,3)54-93(40-16-8-11-24-71(96)89(5)46-47-91-41-33-66(34-42-91)95(75(100)101)69-23-15-13-21-67(69)58-18-9-7-10-19-58)52-57-25-27-59(28-26-57)73(98)90(6)39-17-38-88(4)72(97)53-102-70-50-60-20-12-14-22-68(60)77(70)35-43-92(44-36-77)45-37-78(62-29-31-65(81)32-30-62)55-94(56-103-78)74(99)61-48-63(79(82,83)84)51-64(49-61)80(85,86)87;;;/h7,9-10,12-15,18-23,25-32,48-49,51,66,70H,8,11,16-17,24,33-47,50,52-56H2,1-6H3,(H,100,101);3*1H/t70-,78+;;;/m0.../s1. The minimum atomic E-state index is -5.15. The lowest BCUT2D eigenvalue weighted by atomic mass is 9.72. The van der Waals surface area contributed by atoms with Crippen molar-refractivity contribution in [3.05, 3.63) is 196 Å². The molecule has 0 saturated carbocycles. The van der Waals surface area contributed by atoms with Gasteiger partial charge in [-0.1, -0.05) is 124 Å². The Kier molecular flexibility index (Phi) is 30.5. The molecular formula is C80H100Cl3F7N8O8. The maximum Gasteiger partial charge on any atom is 0.416 e. The van der Waals surface area contributed by atoms with Crippen LogP contribution in [0.3, 0.4) is 0 Å². The fourth-order valence-electron chi connectivity index (χ4n) is 15.3. The molecule has 1 N–H and O–H groups in total. The van der Waals surface area contributed by atoms with Gasteiger partial charge < -0.3 is 44.0 Å². The van der Waals surface area contributed by atoms with E-state index in [0.717, 1.165) is 84.7 Å². The second-order valence-electron chi connectivity index (χ2n) is 29.6. The Labute approximate surface area is 636 Å². The average molecular weight is 1540 g/mol. The van der Waals surface area contributed by atoms with Crippen LogP contribution in [0.2, 0.25) is 0 Å². The van der Waals surface area contributed by atoms with Crippen molar-refractivity contribution in [3.63, 3.8) is 0 Å². The Balaban J connectivity index is 0.00000523. The van der Waals surface area contributed by atoms with E-state index in [0.29, 0.717) is 120 Å². The summed E-state index contributed by atoms with van der Waals surface area (Å²) in [6, 6.07) is 39.6. The van der Waals surface area contributed by atoms with Crippen LogP contribution >= 0.6 is 37.2 Å². The predicted octanol–water partition coefficient (Wildman–Crippen LogP) is 15.6. The van der Waals surface area contributed by atoms with Gasteiger partial charge >= 0.3 is 18.4 Å². The number of alkyl halides is 6. The Morgan fingerprint density at radius 3 is 1.88 bits per heavy atom. The number of rotatable bonds is 28. The zero-order chi connectivity index (χ0) is 73.9. The molecule has 3 fully saturated rings. The molecule has 5 amide bonds. The van der Waals surface area contributed by atoms with Gasteiger partial charge in [0.15, 0.2) is 0 Å². The molecule has 0 radical (unpaired) electrons. The van der Waals surface area contributed by atoms with Crippen molar-refractivity contribution >= 4 is 72.6 Å². The number of nitrogens with zero attached hydrogens (tertiary/aromatic N) is 8. The number of unbranched alkanes of at least 4 members (excludes halogenated alkanes) is 2. The van der Waals surface area contributed by atoms with Gasteiger partial charge in [0, 0.05) is 115 Å². The van der Waals surface area contributed by atoms with Gasteiger partial charge in [-0.05, 0) is 159 Å². The smallest absolute Gasteiger partial charge is 0.416 e. The second kappa shape index (κ2) is 37.7. The van der Waals surface area contributed by atoms with Gasteiger partial charge in [0.1, 0.15) is 24.8 Å². The summed E-state index contributed by atoms with van der Waals surface area (Å²) < 4.78 is 110. The molecule has 2 atom stereocenters. The fraction of sp³-hybridized carbons (Fsp3) is 0.487. The van der Waals surface area contributed by atoms with E-state index in [4.69, 9.17) is 9.47 Å². The van der Waals surface area contributed by atoms with Crippen LogP contribution in [-0.4, -0.2) is 194 Å². The molecule has 578 valence electrons. The number of anilines is 1. The SMILES string of the molecule is CN(CCN1CCC(N(C(=O)O)c2ccccc2-c2ccccc2)CC1)C(=O)CCCCCN(Cc1ccc(C(=O)N(C)CCCN(C)C(=O)CO[C@H]2Cc3ccccc3C23CCN(CC[C@]2(c4ccc(F)cc4)CN(C(=O)c4cc(C(F)(F)F)cc(C(F)(F)F)c4)CO2)CC3)cc1)CC(C)(C)C.Cl.Cl.Cl. The van der Waals surface area contributed by atoms with Gasteiger partial charge in [0.05, 0.1) is 29.5 Å². The normalized spacial score (nSPS) is 17.6. The zero-order valence-electron chi connectivity index (χ0n) is 61.1. The Bertz CT molecular complexity index is 3850. The minimum absolute atomic E-state index is 0. The van der Waals surface area contributed by atoms with Gasteiger partial charge in [-0.15, -0.1) is 37.2 Å². The molecule has 0 bridgehead atoms. The molecule has 3 aliphatic heterocycles. The van der Waals surface area contributed by atoms with Gasteiger partial charge in [-0.25, -0.2) is 9.18 Å². The molecule has 0 unspecified atom stereocenters. The molecule has 3 heterocycles. The Morgan fingerprint density at radius 1 is 0.632 bits per heavy atom. The van der Waals surface area contributed by atoms with Crippen molar-refractivity contribution in [2.24, 2.45) is 5.41 Å². The molecule has 16 nitrogen and oxygen atoms in total. The molecule has 1 spiro atoms. The molecule has 6 aromatic carbocycles. The third kappa shape index (κ3) is 22.0. The number of carbonyl (C=O) groups excluding carboxylic acids is 4. The molecule has 106 heavy (non-hydrogen) atoms.